The fourth-order valence-electron chi connectivity index (χ4n) is 2.20. The van der Waals surface area contributed by atoms with Crippen LogP contribution in [0.2, 0.25) is 0 Å². The maximum atomic E-state index is 13.5. The molecule has 0 radical (unpaired) electrons. The first kappa shape index (κ1) is 13.0. The van der Waals surface area contributed by atoms with Crippen LogP contribution in [0, 0.1) is 5.82 Å². The SMILES string of the molecule is NC1CCN(Cc2ccc(C(=O)O)c(F)c2)CC1. The van der Waals surface area contributed by atoms with Gasteiger partial charge in [-0.1, -0.05) is 6.07 Å². The third-order valence-corrected chi connectivity index (χ3v) is 3.30. The van der Waals surface area contributed by atoms with Crippen LogP contribution in [0.5, 0.6) is 0 Å². The molecule has 0 aliphatic carbocycles. The summed E-state index contributed by atoms with van der Waals surface area (Å²) >= 11 is 0. The number of rotatable bonds is 3. The molecule has 0 unspecified atom stereocenters. The van der Waals surface area contributed by atoms with Crippen molar-refractivity contribution in [2.75, 3.05) is 13.1 Å². The first-order valence-corrected chi connectivity index (χ1v) is 6.06. The lowest BCUT2D eigenvalue weighted by Crippen LogP contribution is -2.39. The van der Waals surface area contributed by atoms with E-state index in [1.54, 1.807) is 6.07 Å². The van der Waals surface area contributed by atoms with Crippen molar-refractivity contribution in [3.63, 3.8) is 0 Å². The monoisotopic (exact) mass is 252 g/mol. The zero-order valence-electron chi connectivity index (χ0n) is 10.1. The number of benzene rings is 1. The van der Waals surface area contributed by atoms with Crippen LogP contribution in [0.1, 0.15) is 28.8 Å². The molecule has 98 valence electrons. The van der Waals surface area contributed by atoms with Crippen molar-refractivity contribution in [2.45, 2.75) is 25.4 Å². The maximum absolute atomic E-state index is 13.5. The molecule has 0 aromatic heterocycles. The van der Waals surface area contributed by atoms with Gasteiger partial charge in [-0.2, -0.15) is 0 Å². The van der Waals surface area contributed by atoms with Gasteiger partial charge in [-0.25, -0.2) is 9.18 Å². The van der Waals surface area contributed by atoms with Gasteiger partial charge in [0.15, 0.2) is 0 Å². The lowest BCUT2D eigenvalue weighted by Gasteiger charge is -2.30. The highest BCUT2D eigenvalue weighted by Crippen LogP contribution is 2.15. The molecule has 4 nitrogen and oxygen atoms in total. The molecule has 0 bridgehead atoms. The molecule has 1 fully saturated rings. The number of carbonyl (C=O) groups is 1. The van der Waals surface area contributed by atoms with Gasteiger partial charge >= 0.3 is 5.97 Å². The molecule has 2 rings (SSSR count). The van der Waals surface area contributed by atoms with Gasteiger partial charge < -0.3 is 10.8 Å². The molecule has 0 saturated carbocycles. The Hall–Kier alpha value is -1.46. The van der Waals surface area contributed by atoms with E-state index in [9.17, 15) is 9.18 Å². The highest BCUT2D eigenvalue weighted by Gasteiger charge is 2.17. The van der Waals surface area contributed by atoms with Crippen molar-refractivity contribution in [1.29, 1.82) is 0 Å². The summed E-state index contributed by atoms with van der Waals surface area (Å²) in [5.41, 5.74) is 6.34. The van der Waals surface area contributed by atoms with E-state index in [0.29, 0.717) is 6.54 Å². The molecule has 5 heteroatoms. The minimum atomic E-state index is -1.23. The molecule has 18 heavy (non-hydrogen) atoms. The predicted octanol–water partition coefficient (Wildman–Crippen LogP) is 1.45. The summed E-state index contributed by atoms with van der Waals surface area (Å²) in [7, 11) is 0. The van der Waals surface area contributed by atoms with E-state index in [2.05, 4.69) is 4.90 Å². The number of nitrogens with zero attached hydrogens (tertiary/aromatic N) is 1. The smallest absolute Gasteiger partial charge is 0.338 e. The summed E-state index contributed by atoms with van der Waals surface area (Å²) in [4.78, 5) is 12.9. The molecule has 0 atom stereocenters. The third kappa shape index (κ3) is 3.05. The Morgan fingerprint density at radius 1 is 1.44 bits per heavy atom. The number of hydrogen-bond acceptors (Lipinski definition) is 3. The summed E-state index contributed by atoms with van der Waals surface area (Å²) < 4.78 is 13.5. The van der Waals surface area contributed by atoms with E-state index < -0.39 is 11.8 Å². The Morgan fingerprint density at radius 3 is 2.67 bits per heavy atom. The van der Waals surface area contributed by atoms with Crippen LogP contribution in [0.15, 0.2) is 18.2 Å². The van der Waals surface area contributed by atoms with E-state index in [4.69, 9.17) is 10.8 Å². The molecule has 1 heterocycles. The highest BCUT2D eigenvalue weighted by atomic mass is 19.1. The third-order valence-electron chi connectivity index (χ3n) is 3.30. The average Bonchev–Trinajstić information content (AvgIpc) is 2.32. The largest absolute Gasteiger partial charge is 0.478 e. The lowest BCUT2D eigenvalue weighted by molar-refractivity contribution is 0.0692. The van der Waals surface area contributed by atoms with Gasteiger partial charge in [0.25, 0.3) is 0 Å². The van der Waals surface area contributed by atoms with Crippen LogP contribution >= 0.6 is 0 Å². The van der Waals surface area contributed by atoms with Crippen LogP contribution in [0.25, 0.3) is 0 Å². The van der Waals surface area contributed by atoms with Gasteiger partial charge in [-0.15, -0.1) is 0 Å². The summed E-state index contributed by atoms with van der Waals surface area (Å²) in [5.74, 6) is -1.91. The normalized spacial score (nSPS) is 17.9. The molecule has 1 aromatic rings. The molecular formula is C13H17FN2O2. The topological polar surface area (TPSA) is 66.6 Å². The zero-order chi connectivity index (χ0) is 13.1. The summed E-state index contributed by atoms with van der Waals surface area (Å²) in [6, 6.07) is 4.56. The van der Waals surface area contributed by atoms with Crippen molar-refractivity contribution < 1.29 is 14.3 Å². The molecular weight excluding hydrogens is 235 g/mol. The van der Waals surface area contributed by atoms with E-state index in [-0.39, 0.29) is 11.6 Å². The number of piperidine rings is 1. The van der Waals surface area contributed by atoms with Crippen LogP contribution < -0.4 is 5.73 Å². The molecule has 1 aliphatic rings. The number of halogens is 1. The molecule has 3 N–H and O–H groups in total. The fraction of sp³-hybridized carbons (Fsp3) is 0.462. The number of hydrogen-bond donors (Lipinski definition) is 2. The number of nitrogens with two attached hydrogens (primary N) is 1. The first-order chi connectivity index (χ1) is 8.56. The van der Waals surface area contributed by atoms with Gasteiger partial charge in [0, 0.05) is 12.6 Å². The van der Waals surface area contributed by atoms with Crippen LogP contribution in [0.3, 0.4) is 0 Å². The van der Waals surface area contributed by atoms with Gasteiger partial charge in [0.05, 0.1) is 5.56 Å². The van der Waals surface area contributed by atoms with Crippen LogP contribution in [-0.4, -0.2) is 35.1 Å². The summed E-state index contributed by atoms with van der Waals surface area (Å²) in [6.07, 6.45) is 1.91. The minimum absolute atomic E-state index is 0.271. The van der Waals surface area contributed by atoms with Gasteiger partial charge in [-0.05, 0) is 43.6 Å². The van der Waals surface area contributed by atoms with Gasteiger partial charge in [0.2, 0.25) is 0 Å². The molecule has 1 aliphatic heterocycles. The Morgan fingerprint density at radius 2 is 2.11 bits per heavy atom. The number of carboxylic acid groups (broad SMARTS) is 1. The molecule has 0 spiro atoms. The Balaban J connectivity index is 2.02. The summed E-state index contributed by atoms with van der Waals surface area (Å²) in [6.45, 7) is 2.45. The second-order valence-electron chi connectivity index (χ2n) is 4.73. The minimum Gasteiger partial charge on any atom is -0.478 e. The number of aromatic carboxylic acids is 1. The van der Waals surface area contributed by atoms with Crippen LogP contribution in [0.4, 0.5) is 4.39 Å². The van der Waals surface area contributed by atoms with Crippen molar-refractivity contribution in [1.82, 2.24) is 4.90 Å². The molecule has 1 aromatic carbocycles. The van der Waals surface area contributed by atoms with Crippen molar-refractivity contribution in [3.05, 3.63) is 35.1 Å². The van der Waals surface area contributed by atoms with Crippen molar-refractivity contribution in [2.24, 2.45) is 5.73 Å². The second kappa shape index (κ2) is 5.46. The van der Waals surface area contributed by atoms with Crippen molar-refractivity contribution in [3.8, 4) is 0 Å². The van der Waals surface area contributed by atoms with E-state index in [1.807, 2.05) is 0 Å². The van der Waals surface area contributed by atoms with Crippen molar-refractivity contribution >= 4 is 5.97 Å². The molecule has 1 saturated heterocycles. The first-order valence-electron chi connectivity index (χ1n) is 6.06. The fourth-order valence-corrected chi connectivity index (χ4v) is 2.20. The quantitative estimate of drug-likeness (QED) is 0.854. The Bertz CT molecular complexity index is 443. The Labute approximate surface area is 105 Å². The number of likely N-dealkylation sites (tertiary alicyclic amines) is 1. The van der Waals surface area contributed by atoms with E-state index in [1.165, 1.54) is 12.1 Å². The summed E-state index contributed by atoms with van der Waals surface area (Å²) in [5, 5.41) is 8.74. The van der Waals surface area contributed by atoms with E-state index in [0.717, 1.165) is 31.5 Å². The Kier molecular flexibility index (Phi) is 3.93. The maximum Gasteiger partial charge on any atom is 0.338 e. The number of carboxylic acids is 1. The lowest BCUT2D eigenvalue weighted by atomic mass is 10.0. The predicted molar refractivity (Wildman–Crippen MR) is 65.8 cm³/mol. The second-order valence-corrected chi connectivity index (χ2v) is 4.73. The van der Waals surface area contributed by atoms with Gasteiger partial charge in [-0.3, -0.25) is 4.90 Å². The van der Waals surface area contributed by atoms with Crippen LogP contribution in [-0.2, 0) is 6.54 Å². The van der Waals surface area contributed by atoms with E-state index >= 15 is 0 Å². The average molecular weight is 252 g/mol. The standard InChI is InChI=1S/C13H17FN2O2/c14-12-7-9(1-2-11(12)13(17)18)8-16-5-3-10(15)4-6-16/h1-2,7,10H,3-6,8,15H2,(H,17,18). The highest BCUT2D eigenvalue weighted by molar-refractivity contribution is 5.87. The van der Waals surface area contributed by atoms with Gasteiger partial charge in [0.1, 0.15) is 5.82 Å². The zero-order valence-corrected chi connectivity index (χ0v) is 10.1. The molecule has 0 amide bonds.